The maximum atomic E-state index is 12.7. The quantitative estimate of drug-likeness (QED) is 0.769. The zero-order valence-electron chi connectivity index (χ0n) is 11.0. The first-order chi connectivity index (χ1) is 8.71. The Bertz CT molecular complexity index is 416. The van der Waals surface area contributed by atoms with E-state index in [4.69, 9.17) is 0 Å². The van der Waals surface area contributed by atoms with Crippen LogP contribution in [0, 0.1) is 5.92 Å². The molecule has 5 heteroatoms. The van der Waals surface area contributed by atoms with E-state index < -0.39 is 17.8 Å². The number of aliphatic hydroxyl groups is 1. The summed E-state index contributed by atoms with van der Waals surface area (Å²) in [5.41, 5.74) is -0.424. The van der Waals surface area contributed by atoms with Gasteiger partial charge in [-0.05, 0) is 30.0 Å². The molecule has 1 aromatic carbocycles. The highest BCUT2D eigenvalue weighted by atomic mass is 79.9. The smallest absolute Gasteiger partial charge is 0.388 e. The lowest BCUT2D eigenvalue weighted by Crippen LogP contribution is -2.08. The fourth-order valence-corrected chi connectivity index (χ4v) is 2.32. The normalized spacial score (nSPS) is 13.9. The molecule has 0 amide bonds. The molecule has 1 rings (SSSR count). The average Bonchev–Trinajstić information content (AvgIpc) is 2.27. The Morgan fingerprint density at radius 2 is 1.84 bits per heavy atom. The molecule has 1 unspecified atom stereocenters. The van der Waals surface area contributed by atoms with Crippen molar-refractivity contribution in [2.75, 3.05) is 0 Å². The van der Waals surface area contributed by atoms with Crippen LogP contribution in [0.15, 0.2) is 22.7 Å². The topological polar surface area (TPSA) is 20.2 Å². The predicted molar refractivity (Wildman–Crippen MR) is 72.8 cm³/mol. The van der Waals surface area contributed by atoms with E-state index in [1.807, 2.05) is 0 Å². The van der Waals surface area contributed by atoms with E-state index >= 15 is 0 Å². The Labute approximate surface area is 120 Å². The van der Waals surface area contributed by atoms with Crippen LogP contribution in [0.1, 0.15) is 50.3 Å². The summed E-state index contributed by atoms with van der Waals surface area (Å²) in [4.78, 5) is 0. The zero-order chi connectivity index (χ0) is 14.6. The molecule has 0 heterocycles. The lowest BCUT2D eigenvalue weighted by Gasteiger charge is -2.15. The maximum absolute atomic E-state index is 12.7. The summed E-state index contributed by atoms with van der Waals surface area (Å²) in [6, 6.07) is 3.88. The number of alkyl halides is 3. The van der Waals surface area contributed by atoms with Crippen molar-refractivity contribution in [2.24, 2.45) is 5.92 Å². The molecule has 0 fully saturated rings. The van der Waals surface area contributed by atoms with Gasteiger partial charge in [0.2, 0.25) is 0 Å². The fourth-order valence-electron chi connectivity index (χ4n) is 1.85. The number of benzene rings is 1. The van der Waals surface area contributed by atoms with Gasteiger partial charge in [0.15, 0.2) is 0 Å². The van der Waals surface area contributed by atoms with Crippen LogP contribution in [-0.4, -0.2) is 5.11 Å². The third-order valence-electron chi connectivity index (χ3n) is 2.94. The van der Waals surface area contributed by atoms with E-state index in [-0.39, 0.29) is 4.47 Å². The molecule has 0 aliphatic heterocycles. The number of rotatable bonds is 5. The van der Waals surface area contributed by atoms with Gasteiger partial charge in [0.1, 0.15) is 0 Å². The minimum atomic E-state index is -4.41. The summed E-state index contributed by atoms with van der Waals surface area (Å²) in [6.45, 7) is 4.15. The van der Waals surface area contributed by atoms with E-state index in [2.05, 4.69) is 29.8 Å². The lowest BCUT2D eigenvalue weighted by atomic mass is 9.99. The minimum Gasteiger partial charge on any atom is -0.388 e. The molecule has 19 heavy (non-hydrogen) atoms. The van der Waals surface area contributed by atoms with E-state index in [1.165, 1.54) is 12.1 Å². The van der Waals surface area contributed by atoms with Crippen molar-refractivity contribution >= 4 is 15.9 Å². The molecular formula is C14H18BrF3O. The molecule has 1 nitrogen and oxygen atoms in total. The molecule has 0 aliphatic carbocycles. The van der Waals surface area contributed by atoms with Crippen LogP contribution < -0.4 is 0 Å². The molecule has 0 aromatic heterocycles. The Morgan fingerprint density at radius 3 is 2.37 bits per heavy atom. The van der Waals surface area contributed by atoms with Crippen LogP contribution in [0.2, 0.25) is 0 Å². The van der Waals surface area contributed by atoms with E-state index in [0.29, 0.717) is 17.9 Å². The number of hydrogen-bond donors (Lipinski definition) is 1. The van der Waals surface area contributed by atoms with Gasteiger partial charge in [0.05, 0.1) is 11.7 Å². The molecule has 1 atom stereocenters. The summed E-state index contributed by atoms with van der Waals surface area (Å²) >= 11 is 2.89. The van der Waals surface area contributed by atoms with Gasteiger partial charge in [-0.1, -0.05) is 48.7 Å². The van der Waals surface area contributed by atoms with Crippen molar-refractivity contribution in [1.82, 2.24) is 0 Å². The number of hydrogen-bond acceptors (Lipinski definition) is 1. The largest absolute Gasteiger partial charge is 0.417 e. The third-order valence-corrected chi connectivity index (χ3v) is 3.63. The van der Waals surface area contributed by atoms with Gasteiger partial charge < -0.3 is 5.11 Å². The molecule has 0 saturated carbocycles. The highest BCUT2D eigenvalue weighted by Gasteiger charge is 2.33. The van der Waals surface area contributed by atoms with Crippen LogP contribution >= 0.6 is 15.9 Å². The monoisotopic (exact) mass is 338 g/mol. The van der Waals surface area contributed by atoms with Crippen molar-refractivity contribution < 1.29 is 18.3 Å². The zero-order valence-corrected chi connectivity index (χ0v) is 12.6. The van der Waals surface area contributed by atoms with E-state index in [1.54, 1.807) is 0 Å². The first-order valence-corrected chi connectivity index (χ1v) is 7.06. The molecule has 0 radical (unpaired) electrons. The van der Waals surface area contributed by atoms with Crippen LogP contribution in [0.4, 0.5) is 13.2 Å². The Balaban J connectivity index is 2.78. The Hall–Kier alpha value is -0.550. The molecule has 1 aromatic rings. The second-order valence-corrected chi connectivity index (χ2v) is 5.93. The SMILES string of the molecule is CC(C)CCCC(O)c1ccc(Br)c(C(F)(F)F)c1. The van der Waals surface area contributed by atoms with Gasteiger partial charge >= 0.3 is 6.18 Å². The van der Waals surface area contributed by atoms with E-state index in [9.17, 15) is 18.3 Å². The first-order valence-electron chi connectivity index (χ1n) is 6.26. The van der Waals surface area contributed by atoms with Crippen molar-refractivity contribution in [1.29, 1.82) is 0 Å². The maximum Gasteiger partial charge on any atom is 0.417 e. The molecule has 0 saturated heterocycles. The second-order valence-electron chi connectivity index (χ2n) is 5.08. The van der Waals surface area contributed by atoms with Gasteiger partial charge in [0.25, 0.3) is 0 Å². The number of aliphatic hydroxyl groups excluding tert-OH is 1. The first kappa shape index (κ1) is 16.5. The molecule has 0 spiro atoms. The van der Waals surface area contributed by atoms with Crippen molar-refractivity contribution in [3.8, 4) is 0 Å². The minimum absolute atomic E-state index is 0.00173. The van der Waals surface area contributed by atoms with Gasteiger partial charge in [-0.2, -0.15) is 13.2 Å². The molecule has 1 N–H and O–H groups in total. The highest BCUT2D eigenvalue weighted by molar-refractivity contribution is 9.10. The van der Waals surface area contributed by atoms with Crippen LogP contribution in [-0.2, 0) is 6.18 Å². The summed E-state index contributed by atoms with van der Waals surface area (Å²) in [5.74, 6) is 0.530. The van der Waals surface area contributed by atoms with Crippen LogP contribution in [0.3, 0.4) is 0 Å². The summed E-state index contributed by atoms with van der Waals surface area (Å²) in [6.07, 6.45) is -3.01. The summed E-state index contributed by atoms with van der Waals surface area (Å²) in [7, 11) is 0. The number of halogens is 4. The predicted octanol–water partition coefficient (Wildman–Crippen LogP) is 5.33. The standard InChI is InChI=1S/C14H18BrF3O/c1-9(2)4-3-5-13(19)10-6-7-12(15)11(8-10)14(16,17)18/h6-9,13,19H,3-5H2,1-2H3. The Morgan fingerprint density at radius 1 is 1.21 bits per heavy atom. The lowest BCUT2D eigenvalue weighted by molar-refractivity contribution is -0.138. The summed E-state index contributed by atoms with van der Waals surface area (Å²) < 4.78 is 38.2. The van der Waals surface area contributed by atoms with E-state index in [0.717, 1.165) is 18.9 Å². The second kappa shape index (κ2) is 6.75. The van der Waals surface area contributed by atoms with Crippen molar-refractivity contribution in [2.45, 2.75) is 45.4 Å². The molecule has 108 valence electrons. The third kappa shape index (κ3) is 5.15. The fraction of sp³-hybridized carbons (Fsp3) is 0.571. The molecule has 0 aliphatic rings. The van der Waals surface area contributed by atoms with Gasteiger partial charge in [0, 0.05) is 4.47 Å². The molecular weight excluding hydrogens is 321 g/mol. The van der Waals surface area contributed by atoms with Gasteiger partial charge in [-0.15, -0.1) is 0 Å². The van der Waals surface area contributed by atoms with Crippen LogP contribution in [0.5, 0.6) is 0 Å². The summed E-state index contributed by atoms with van der Waals surface area (Å²) in [5, 5.41) is 9.93. The highest BCUT2D eigenvalue weighted by Crippen LogP contribution is 2.36. The van der Waals surface area contributed by atoms with Gasteiger partial charge in [-0.25, -0.2) is 0 Å². The van der Waals surface area contributed by atoms with Crippen molar-refractivity contribution in [3.05, 3.63) is 33.8 Å². The molecule has 0 bridgehead atoms. The van der Waals surface area contributed by atoms with Crippen LogP contribution in [0.25, 0.3) is 0 Å². The average molecular weight is 339 g/mol. The Kier molecular flexibility index (Phi) is 5.86. The van der Waals surface area contributed by atoms with Gasteiger partial charge in [-0.3, -0.25) is 0 Å². The van der Waals surface area contributed by atoms with Crippen molar-refractivity contribution in [3.63, 3.8) is 0 Å².